The fraction of sp³-hybridized carbons (Fsp3) is 0.562. The summed E-state index contributed by atoms with van der Waals surface area (Å²) in [5, 5.41) is 0. The van der Waals surface area contributed by atoms with Crippen molar-refractivity contribution in [1.29, 1.82) is 0 Å². The molecule has 1 aromatic carbocycles. The first kappa shape index (κ1) is 31.1. The molecule has 2 aromatic rings. The van der Waals surface area contributed by atoms with Crippen molar-refractivity contribution in [2.24, 2.45) is 11.8 Å². The molecule has 1 saturated heterocycles. The number of nitrogens with zero attached hydrogens (tertiary/aromatic N) is 2. The second kappa shape index (κ2) is 11.6. The van der Waals surface area contributed by atoms with Crippen molar-refractivity contribution in [2.75, 3.05) is 14.2 Å². The van der Waals surface area contributed by atoms with Gasteiger partial charge in [-0.25, -0.2) is 4.79 Å². The van der Waals surface area contributed by atoms with E-state index in [4.69, 9.17) is 14.2 Å². The minimum Gasteiger partial charge on any atom is -0.496 e. The van der Waals surface area contributed by atoms with Crippen LogP contribution in [0.15, 0.2) is 42.6 Å². The molecule has 40 heavy (non-hydrogen) atoms. The summed E-state index contributed by atoms with van der Waals surface area (Å²) >= 11 is 0. The molecule has 0 saturated carbocycles. The maximum atomic E-state index is 14.7. The molecular weight excluding hydrogens is 508 g/mol. The van der Waals surface area contributed by atoms with E-state index in [1.807, 2.05) is 19.9 Å². The number of pyridine rings is 1. The molecule has 8 heteroatoms. The summed E-state index contributed by atoms with van der Waals surface area (Å²) in [5.74, 6) is -1.72. The summed E-state index contributed by atoms with van der Waals surface area (Å²) in [4.78, 5) is 48.2. The number of benzene rings is 1. The molecule has 0 aliphatic carbocycles. The zero-order valence-electron chi connectivity index (χ0n) is 25.5. The number of ether oxygens (including phenoxy) is 3. The first-order chi connectivity index (χ1) is 18.6. The first-order valence-electron chi connectivity index (χ1n) is 13.8. The standard InChI is InChI=1S/C32H44N2O6/c1-20(2)18-32(29(37)40-31(6,7)8)19-22(28(36)39-10)26(24-13-11-12-16-33-24)34(32)27(35)21-14-15-23(30(3,4)5)25(17-21)38-9/h11-17,20,22,26H,18-19H2,1-10H3/t22-,26+,32-/m0/s1. The van der Waals surface area contributed by atoms with Crippen molar-refractivity contribution >= 4 is 17.8 Å². The molecule has 2 heterocycles. The monoisotopic (exact) mass is 552 g/mol. The molecule has 0 radical (unpaired) electrons. The van der Waals surface area contributed by atoms with Crippen LogP contribution in [0.3, 0.4) is 0 Å². The van der Waals surface area contributed by atoms with Crippen LogP contribution in [-0.2, 0) is 24.5 Å². The van der Waals surface area contributed by atoms with Crippen molar-refractivity contribution in [3.63, 3.8) is 0 Å². The fourth-order valence-electron chi connectivity index (χ4n) is 5.67. The van der Waals surface area contributed by atoms with Crippen LogP contribution >= 0.6 is 0 Å². The predicted molar refractivity (Wildman–Crippen MR) is 153 cm³/mol. The van der Waals surface area contributed by atoms with Crippen LogP contribution in [-0.4, -0.2) is 53.1 Å². The molecule has 0 spiro atoms. The van der Waals surface area contributed by atoms with E-state index >= 15 is 0 Å². The average Bonchev–Trinajstić information content (AvgIpc) is 3.21. The van der Waals surface area contributed by atoms with E-state index in [2.05, 4.69) is 25.8 Å². The highest BCUT2D eigenvalue weighted by atomic mass is 16.6. The van der Waals surface area contributed by atoms with Crippen LogP contribution in [0.1, 0.15) is 95.9 Å². The maximum Gasteiger partial charge on any atom is 0.332 e. The Labute approximate surface area is 238 Å². The Hall–Kier alpha value is -3.42. The lowest BCUT2D eigenvalue weighted by atomic mass is 9.83. The number of rotatable bonds is 7. The minimum atomic E-state index is -1.44. The van der Waals surface area contributed by atoms with Crippen molar-refractivity contribution < 1.29 is 28.6 Å². The third-order valence-corrected chi connectivity index (χ3v) is 7.17. The molecule has 1 aliphatic heterocycles. The number of carbonyl (C=O) groups is 3. The van der Waals surface area contributed by atoms with Crippen LogP contribution in [0.4, 0.5) is 0 Å². The van der Waals surface area contributed by atoms with Gasteiger partial charge in [-0.1, -0.05) is 46.8 Å². The van der Waals surface area contributed by atoms with Crippen molar-refractivity contribution in [3.05, 3.63) is 59.4 Å². The van der Waals surface area contributed by atoms with Gasteiger partial charge < -0.3 is 19.1 Å². The Balaban J connectivity index is 2.33. The highest BCUT2D eigenvalue weighted by molar-refractivity contribution is 6.00. The van der Waals surface area contributed by atoms with Gasteiger partial charge in [0.15, 0.2) is 0 Å². The number of hydrogen-bond acceptors (Lipinski definition) is 7. The van der Waals surface area contributed by atoms with Crippen LogP contribution in [0, 0.1) is 11.8 Å². The molecular formula is C32H44N2O6. The summed E-state index contributed by atoms with van der Waals surface area (Å²) in [5.41, 5.74) is -0.675. The minimum absolute atomic E-state index is 0.00130. The molecule has 218 valence electrons. The topological polar surface area (TPSA) is 95.0 Å². The van der Waals surface area contributed by atoms with E-state index in [0.717, 1.165) is 5.56 Å². The van der Waals surface area contributed by atoms with Gasteiger partial charge in [0.1, 0.15) is 16.9 Å². The third-order valence-electron chi connectivity index (χ3n) is 7.17. The number of likely N-dealkylation sites (tertiary alicyclic amines) is 1. The summed E-state index contributed by atoms with van der Waals surface area (Å²) in [6, 6.07) is 9.83. The quantitative estimate of drug-likeness (QED) is 0.395. The van der Waals surface area contributed by atoms with Gasteiger partial charge in [-0.15, -0.1) is 0 Å². The smallest absolute Gasteiger partial charge is 0.332 e. The number of carbonyl (C=O) groups excluding carboxylic acids is 3. The van der Waals surface area contributed by atoms with Crippen molar-refractivity contribution in [1.82, 2.24) is 9.88 Å². The van der Waals surface area contributed by atoms with Crippen molar-refractivity contribution in [2.45, 2.75) is 90.8 Å². The Morgan fingerprint density at radius 2 is 1.73 bits per heavy atom. The molecule has 3 rings (SSSR count). The van der Waals surface area contributed by atoms with E-state index in [1.165, 1.54) is 12.0 Å². The normalized spacial score (nSPS) is 21.3. The van der Waals surface area contributed by atoms with Gasteiger partial charge in [-0.2, -0.15) is 0 Å². The molecule has 1 aliphatic rings. The van der Waals surface area contributed by atoms with Gasteiger partial charge in [-0.3, -0.25) is 14.6 Å². The molecule has 0 unspecified atom stereocenters. The van der Waals surface area contributed by atoms with E-state index in [9.17, 15) is 14.4 Å². The summed E-state index contributed by atoms with van der Waals surface area (Å²) in [7, 11) is 2.89. The first-order valence-corrected chi connectivity index (χ1v) is 13.8. The second-order valence-electron chi connectivity index (χ2n) is 13.0. The average molecular weight is 553 g/mol. The second-order valence-corrected chi connectivity index (χ2v) is 13.0. The van der Waals surface area contributed by atoms with E-state index in [0.29, 0.717) is 23.4 Å². The molecule has 0 N–H and O–H groups in total. The largest absolute Gasteiger partial charge is 0.496 e. The summed E-state index contributed by atoms with van der Waals surface area (Å²) in [6.07, 6.45) is 1.96. The van der Waals surface area contributed by atoms with Crippen LogP contribution in [0.5, 0.6) is 5.75 Å². The molecule has 1 amide bonds. The Bertz CT molecular complexity index is 1230. The van der Waals surface area contributed by atoms with Gasteiger partial charge in [0.2, 0.25) is 0 Å². The third kappa shape index (κ3) is 6.31. The zero-order chi connectivity index (χ0) is 30.0. The van der Waals surface area contributed by atoms with Gasteiger partial charge in [0.05, 0.1) is 31.9 Å². The zero-order valence-corrected chi connectivity index (χ0v) is 25.5. The van der Waals surface area contributed by atoms with Gasteiger partial charge in [-0.05, 0) is 74.8 Å². The van der Waals surface area contributed by atoms with Gasteiger partial charge in [0, 0.05) is 11.8 Å². The lowest BCUT2D eigenvalue weighted by molar-refractivity contribution is -0.168. The summed E-state index contributed by atoms with van der Waals surface area (Å²) < 4.78 is 16.9. The van der Waals surface area contributed by atoms with E-state index < -0.39 is 40.9 Å². The van der Waals surface area contributed by atoms with E-state index in [1.54, 1.807) is 64.4 Å². The lowest BCUT2D eigenvalue weighted by Gasteiger charge is -2.41. The van der Waals surface area contributed by atoms with Crippen LogP contribution < -0.4 is 4.74 Å². The SMILES string of the molecule is COC(=O)[C@H]1C[C@@](CC(C)C)(C(=O)OC(C)(C)C)N(C(=O)c2ccc(C(C)(C)C)c(OC)c2)[C@H]1c1ccccn1. The highest BCUT2D eigenvalue weighted by Gasteiger charge is 2.62. The Morgan fingerprint density at radius 1 is 1.05 bits per heavy atom. The number of aromatic nitrogens is 1. The Kier molecular flexibility index (Phi) is 9.02. The molecule has 1 fully saturated rings. The number of methoxy groups -OCH3 is 2. The highest BCUT2D eigenvalue weighted by Crippen LogP contribution is 2.51. The maximum absolute atomic E-state index is 14.7. The van der Waals surface area contributed by atoms with Crippen molar-refractivity contribution in [3.8, 4) is 5.75 Å². The van der Waals surface area contributed by atoms with Crippen LogP contribution in [0.2, 0.25) is 0 Å². The predicted octanol–water partition coefficient (Wildman–Crippen LogP) is 5.89. The molecule has 3 atom stereocenters. The number of esters is 2. The number of amides is 1. The summed E-state index contributed by atoms with van der Waals surface area (Å²) in [6.45, 7) is 15.6. The van der Waals surface area contributed by atoms with E-state index in [-0.39, 0.29) is 17.8 Å². The molecule has 0 bridgehead atoms. The van der Waals surface area contributed by atoms with Crippen LogP contribution in [0.25, 0.3) is 0 Å². The van der Waals surface area contributed by atoms with Gasteiger partial charge in [0.25, 0.3) is 5.91 Å². The lowest BCUT2D eigenvalue weighted by Crippen LogP contribution is -2.56. The molecule has 8 nitrogen and oxygen atoms in total. The fourth-order valence-corrected chi connectivity index (χ4v) is 5.67. The van der Waals surface area contributed by atoms with Gasteiger partial charge >= 0.3 is 11.9 Å². The number of hydrogen-bond donors (Lipinski definition) is 0. The Morgan fingerprint density at radius 3 is 2.23 bits per heavy atom. The molecule has 1 aromatic heterocycles.